The maximum absolute atomic E-state index is 12.4. The molecular weight excluding hydrogens is 308 g/mol. The van der Waals surface area contributed by atoms with Gasteiger partial charge in [0.15, 0.2) is 0 Å². The summed E-state index contributed by atoms with van der Waals surface area (Å²) in [5, 5.41) is 3.19. The highest BCUT2D eigenvalue weighted by Crippen LogP contribution is 2.38. The Kier molecular flexibility index (Phi) is 4.24. The van der Waals surface area contributed by atoms with Crippen molar-refractivity contribution in [2.45, 2.75) is 69.5 Å². The van der Waals surface area contributed by atoms with Crippen LogP contribution < -0.4 is 10.0 Å². The van der Waals surface area contributed by atoms with Gasteiger partial charge in [-0.25, -0.2) is 4.79 Å². The summed E-state index contributed by atoms with van der Waals surface area (Å²) < 4.78 is 14.9. The van der Waals surface area contributed by atoms with E-state index in [0.29, 0.717) is 0 Å². The third kappa shape index (κ3) is 2.96. The molecule has 5 heteroatoms. The second-order valence-corrected chi connectivity index (χ2v) is 8.46. The van der Waals surface area contributed by atoms with Crippen molar-refractivity contribution in [2.75, 3.05) is 5.32 Å². The predicted octanol–water partition coefficient (Wildman–Crippen LogP) is 3.39. The van der Waals surface area contributed by atoms with Crippen LogP contribution in [0.1, 0.15) is 60.8 Å². The van der Waals surface area contributed by atoms with E-state index in [0.717, 1.165) is 57.1 Å². The van der Waals surface area contributed by atoms with Gasteiger partial charge in [0.25, 0.3) is 0 Å². The number of urea groups is 1. The van der Waals surface area contributed by atoms with Gasteiger partial charge in [0, 0.05) is 5.69 Å². The van der Waals surface area contributed by atoms with E-state index in [4.69, 9.17) is 0 Å². The number of fused-ring (bicyclic) bond motifs is 2. The van der Waals surface area contributed by atoms with Crippen molar-refractivity contribution in [3.05, 3.63) is 28.3 Å². The fraction of sp³-hybridized carbons (Fsp3) is 0.611. The van der Waals surface area contributed by atoms with Gasteiger partial charge < -0.3 is 9.87 Å². The number of hydrogen-bond donors (Lipinski definition) is 2. The zero-order chi connectivity index (χ0) is 15.8. The lowest BCUT2D eigenvalue weighted by Gasteiger charge is -2.19. The smallest absolute Gasteiger partial charge is 0.360 e. The molecule has 4 nitrogen and oxygen atoms in total. The van der Waals surface area contributed by atoms with E-state index in [2.05, 4.69) is 16.1 Å². The molecular formula is C18H24N2O2S. The molecule has 2 N–H and O–H groups in total. The molecule has 0 aliphatic heterocycles. The quantitative estimate of drug-likeness (QED) is 0.833. The molecule has 4 rings (SSSR count). The van der Waals surface area contributed by atoms with Crippen molar-refractivity contribution in [1.82, 2.24) is 4.72 Å². The summed E-state index contributed by atoms with van der Waals surface area (Å²) in [5.74, 6) is 0. The highest BCUT2D eigenvalue weighted by atomic mass is 32.2. The molecule has 1 aromatic carbocycles. The van der Waals surface area contributed by atoms with Crippen molar-refractivity contribution >= 4 is 23.1 Å². The van der Waals surface area contributed by atoms with E-state index in [-0.39, 0.29) is 11.3 Å². The van der Waals surface area contributed by atoms with Crippen LogP contribution in [0.4, 0.5) is 10.5 Å². The van der Waals surface area contributed by atoms with Gasteiger partial charge >= 0.3 is 6.03 Å². The summed E-state index contributed by atoms with van der Waals surface area (Å²) in [6, 6.07) is 2.05. The van der Waals surface area contributed by atoms with Crippen LogP contribution in [0.3, 0.4) is 0 Å². The minimum atomic E-state index is -1.26. The van der Waals surface area contributed by atoms with Crippen LogP contribution in [-0.4, -0.2) is 15.8 Å². The second kappa shape index (κ2) is 6.36. The third-order valence-electron chi connectivity index (χ3n) is 5.51. The lowest BCUT2D eigenvalue weighted by molar-refractivity contribution is 0.256. The minimum absolute atomic E-state index is 0.132. The first-order chi connectivity index (χ1) is 11.2. The minimum Gasteiger partial charge on any atom is -0.593 e. The molecule has 23 heavy (non-hydrogen) atoms. The number of carbonyl (C=O) groups is 1. The first-order valence-electron chi connectivity index (χ1n) is 8.87. The average Bonchev–Trinajstić information content (AvgIpc) is 3.27. The zero-order valence-electron chi connectivity index (χ0n) is 13.5. The Balaban J connectivity index is 1.51. The standard InChI is InChI=1S/C18H24N2O2S/c21-18(20-23(22)14-7-1-2-8-14)19-17-15-9-3-5-12(15)11-13-6-4-10-16(13)17/h11,14H,1-10H2,(H2,19,20,21). The van der Waals surface area contributed by atoms with Crippen LogP contribution in [0.25, 0.3) is 0 Å². The SMILES string of the molecule is O=C(Nc1c2c(cc3c1CCC3)CCC2)N[S+]([O-])C1CCCC1. The molecule has 124 valence electrons. The highest BCUT2D eigenvalue weighted by Gasteiger charge is 2.30. The molecule has 1 aromatic rings. The number of hydrogen-bond acceptors (Lipinski definition) is 2. The van der Waals surface area contributed by atoms with E-state index in [9.17, 15) is 9.35 Å². The lowest BCUT2D eigenvalue weighted by atomic mass is 9.99. The highest BCUT2D eigenvalue weighted by molar-refractivity contribution is 7.90. The van der Waals surface area contributed by atoms with Gasteiger partial charge in [0.05, 0.1) is 11.4 Å². The molecule has 0 bridgehead atoms. The summed E-state index contributed by atoms with van der Waals surface area (Å²) in [6.45, 7) is 0. The largest absolute Gasteiger partial charge is 0.593 e. The molecule has 0 spiro atoms. The summed E-state index contributed by atoms with van der Waals surface area (Å²) in [4.78, 5) is 12.4. The van der Waals surface area contributed by atoms with Gasteiger partial charge in [0.1, 0.15) is 5.25 Å². The number of benzene rings is 1. The first-order valence-corrected chi connectivity index (χ1v) is 10.1. The number of amides is 2. The van der Waals surface area contributed by atoms with E-state index in [1.165, 1.54) is 35.1 Å². The molecule has 1 saturated carbocycles. The van der Waals surface area contributed by atoms with Crippen LogP contribution in [0.15, 0.2) is 6.07 Å². The number of aryl methyl sites for hydroxylation is 2. The van der Waals surface area contributed by atoms with E-state index in [1.807, 2.05) is 0 Å². The Hall–Kier alpha value is -1.20. The topological polar surface area (TPSA) is 64.2 Å². The number of anilines is 1. The lowest BCUT2D eigenvalue weighted by Crippen LogP contribution is -2.40. The summed E-state index contributed by atoms with van der Waals surface area (Å²) >= 11 is -1.26. The normalized spacial score (nSPS) is 21.1. The molecule has 1 unspecified atom stereocenters. The summed E-state index contributed by atoms with van der Waals surface area (Å²) in [7, 11) is 0. The fourth-order valence-corrected chi connectivity index (χ4v) is 5.55. The van der Waals surface area contributed by atoms with Crippen LogP contribution in [0.2, 0.25) is 0 Å². The molecule has 2 amide bonds. The van der Waals surface area contributed by atoms with Crippen LogP contribution in [-0.2, 0) is 37.0 Å². The second-order valence-electron chi connectivity index (χ2n) is 6.99. The monoisotopic (exact) mass is 332 g/mol. The van der Waals surface area contributed by atoms with Crippen molar-refractivity contribution in [2.24, 2.45) is 0 Å². The van der Waals surface area contributed by atoms with Gasteiger partial charge in [0.2, 0.25) is 0 Å². The van der Waals surface area contributed by atoms with Crippen molar-refractivity contribution in [3.63, 3.8) is 0 Å². The summed E-state index contributed by atoms with van der Waals surface area (Å²) in [6.07, 6.45) is 10.8. The van der Waals surface area contributed by atoms with Gasteiger partial charge in [-0.2, -0.15) is 4.72 Å². The molecule has 0 saturated heterocycles. The predicted molar refractivity (Wildman–Crippen MR) is 93.0 cm³/mol. The molecule has 3 aliphatic carbocycles. The van der Waals surface area contributed by atoms with Crippen molar-refractivity contribution in [3.8, 4) is 0 Å². The van der Waals surface area contributed by atoms with Crippen LogP contribution >= 0.6 is 0 Å². The molecule has 3 aliphatic rings. The van der Waals surface area contributed by atoms with Gasteiger partial charge in [-0.1, -0.05) is 6.07 Å². The Labute approximate surface area is 140 Å². The van der Waals surface area contributed by atoms with Gasteiger partial charge in [-0.05, 0) is 86.5 Å². The fourth-order valence-electron chi connectivity index (χ4n) is 4.38. The number of rotatable bonds is 3. The Morgan fingerprint density at radius 2 is 1.61 bits per heavy atom. The number of nitrogens with one attached hydrogen (secondary N) is 2. The Bertz CT molecular complexity index is 594. The Morgan fingerprint density at radius 3 is 2.22 bits per heavy atom. The zero-order valence-corrected chi connectivity index (χ0v) is 14.3. The maximum Gasteiger partial charge on any atom is 0.360 e. The number of carbonyl (C=O) groups excluding carboxylic acids is 1. The van der Waals surface area contributed by atoms with Gasteiger partial charge in [-0.15, -0.1) is 0 Å². The third-order valence-corrected chi connectivity index (χ3v) is 6.97. The first kappa shape index (κ1) is 15.3. The van der Waals surface area contributed by atoms with E-state index in [1.54, 1.807) is 0 Å². The van der Waals surface area contributed by atoms with E-state index < -0.39 is 11.4 Å². The van der Waals surface area contributed by atoms with Crippen LogP contribution in [0, 0.1) is 0 Å². The maximum atomic E-state index is 12.4. The van der Waals surface area contributed by atoms with Crippen molar-refractivity contribution in [1.29, 1.82) is 0 Å². The van der Waals surface area contributed by atoms with Gasteiger partial charge in [-0.3, -0.25) is 0 Å². The molecule has 1 fully saturated rings. The molecule has 0 heterocycles. The van der Waals surface area contributed by atoms with Crippen molar-refractivity contribution < 1.29 is 9.35 Å². The Morgan fingerprint density at radius 1 is 1.00 bits per heavy atom. The van der Waals surface area contributed by atoms with Crippen LogP contribution in [0.5, 0.6) is 0 Å². The molecule has 0 radical (unpaired) electrons. The van der Waals surface area contributed by atoms with E-state index >= 15 is 0 Å². The molecule has 0 aromatic heterocycles. The summed E-state index contributed by atoms with van der Waals surface area (Å²) in [5.41, 5.74) is 6.45. The average molecular weight is 332 g/mol. The molecule has 1 atom stereocenters.